The number of allylic oxidation sites excluding steroid dienone is 1. The topological polar surface area (TPSA) is 54.4 Å². The Morgan fingerprint density at radius 2 is 2.22 bits per heavy atom. The molecule has 0 heterocycles. The molecule has 0 amide bonds. The summed E-state index contributed by atoms with van der Waals surface area (Å²) in [5.74, 6) is -0.171. The maximum absolute atomic E-state index is 12.3. The first-order valence-corrected chi connectivity index (χ1v) is 6.73. The molecule has 0 aromatic carbocycles. The zero-order valence-electron chi connectivity index (χ0n) is 11.2. The molecular formula is C15H22O3. The van der Waals surface area contributed by atoms with Crippen LogP contribution in [0.4, 0.5) is 0 Å². The molecule has 18 heavy (non-hydrogen) atoms. The summed E-state index contributed by atoms with van der Waals surface area (Å²) in [6, 6.07) is 0. The van der Waals surface area contributed by atoms with E-state index in [1.807, 2.05) is 19.9 Å². The van der Waals surface area contributed by atoms with Gasteiger partial charge in [0.2, 0.25) is 0 Å². The predicted octanol–water partition coefficient (Wildman–Crippen LogP) is 2.14. The number of rotatable bonds is 3. The van der Waals surface area contributed by atoms with Gasteiger partial charge in [0.25, 0.3) is 0 Å². The van der Waals surface area contributed by atoms with Crippen LogP contribution in [0.3, 0.4) is 0 Å². The van der Waals surface area contributed by atoms with Gasteiger partial charge in [-0.1, -0.05) is 19.9 Å². The number of fused-ring (bicyclic) bond motifs is 1. The molecule has 0 bridgehead atoms. The first-order valence-electron chi connectivity index (χ1n) is 6.73. The third kappa shape index (κ3) is 1.53. The summed E-state index contributed by atoms with van der Waals surface area (Å²) < 4.78 is 0. The number of Topliss-reactive ketones (excluding diaryl/α,β-unsaturated/α-hetero) is 2. The molecule has 0 spiro atoms. The van der Waals surface area contributed by atoms with Crippen LogP contribution in [0.1, 0.15) is 39.5 Å². The highest BCUT2D eigenvalue weighted by atomic mass is 16.3. The summed E-state index contributed by atoms with van der Waals surface area (Å²) in [4.78, 5) is 24.5. The molecule has 0 saturated heterocycles. The third-order valence-corrected chi connectivity index (χ3v) is 5.55. The molecule has 2 aliphatic carbocycles. The Morgan fingerprint density at radius 1 is 1.56 bits per heavy atom. The van der Waals surface area contributed by atoms with Gasteiger partial charge in [0.1, 0.15) is 12.4 Å². The van der Waals surface area contributed by atoms with Gasteiger partial charge in [-0.3, -0.25) is 9.59 Å². The Labute approximate surface area is 108 Å². The molecule has 3 nitrogen and oxygen atoms in total. The fourth-order valence-electron chi connectivity index (χ4n) is 4.16. The molecule has 0 unspecified atom stereocenters. The van der Waals surface area contributed by atoms with Crippen LogP contribution < -0.4 is 0 Å². The van der Waals surface area contributed by atoms with Gasteiger partial charge in [-0.05, 0) is 30.6 Å². The molecule has 0 aromatic rings. The Balaban J connectivity index is 2.52. The number of aliphatic hydroxyl groups excluding tert-OH is 1. The van der Waals surface area contributed by atoms with E-state index in [1.165, 1.54) is 0 Å². The lowest BCUT2D eigenvalue weighted by Gasteiger charge is -2.50. The van der Waals surface area contributed by atoms with Crippen LogP contribution in [0, 0.1) is 22.7 Å². The molecule has 0 aromatic heterocycles. The Hall–Kier alpha value is -0.960. The smallest absolute Gasteiger partial charge is 0.165 e. The highest BCUT2D eigenvalue weighted by Crippen LogP contribution is 2.60. The second-order valence-corrected chi connectivity index (χ2v) is 6.14. The quantitative estimate of drug-likeness (QED) is 0.781. The van der Waals surface area contributed by atoms with Crippen molar-refractivity contribution in [2.75, 3.05) is 6.61 Å². The summed E-state index contributed by atoms with van der Waals surface area (Å²) in [6.07, 6.45) is 5.08. The average molecular weight is 250 g/mol. The van der Waals surface area contributed by atoms with Crippen molar-refractivity contribution in [3.05, 3.63) is 12.7 Å². The molecular weight excluding hydrogens is 228 g/mol. The van der Waals surface area contributed by atoms with Gasteiger partial charge in [-0.25, -0.2) is 0 Å². The Bertz CT molecular complexity index is 401. The van der Waals surface area contributed by atoms with E-state index in [9.17, 15) is 14.7 Å². The minimum Gasteiger partial charge on any atom is -0.389 e. The summed E-state index contributed by atoms with van der Waals surface area (Å²) in [6.45, 7) is 7.31. The predicted molar refractivity (Wildman–Crippen MR) is 69.0 cm³/mol. The minimum absolute atomic E-state index is 0.136. The molecule has 4 atom stereocenters. The maximum Gasteiger partial charge on any atom is 0.165 e. The van der Waals surface area contributed by atoms with E-state index in [1.54, 1.807) is 0 Å². The molecule has 2 fully saturated rings. The van der Waals surface area contributed by atoms with Gasteiger partial charge in [-0.2, -0.15) is 0 Å². The summed E-state index contributed by atoms with van der Waals surface area (Å²) in [7, 11) is 0. The summed E-state index contributed by atoms with van der Waals surface area (Å²) >= 11 is 0. The maximum atomic E-state index is 12.3. The first kappa shape index (κ1) is 13.5. The van der Waals surface area contributed by atoms with Crippen molar-refractivity contribution in [2.45, 2.75) is 39.5 Å². The van der Waals surface area contributed by atoms with Crippen molar-refractivity contribution in [2.24, 2.45) is 22.7 Å². The van der Waals surface area contributed by atoms with Crippen LogP contribution in [0.25, 0.3) is 0 Å². The molecule has 0 radical (unpaired) electrons. The number of carbonyl (C=O) groups excluding carboxylic acids is 2. The normalized spacial score (nSPS) is 43.6. The summed E-state index contributed by atoms with van der Waals surface area (Å²) in [5, 5.41) is 9.25. The van der Waals surface area contributed by atoms with E-state index in [4.69, 9.17) is 0 Å². The van der Waals surface area contributed by atoms with Gasteiger partial charge in [0, 0.05) is 17.8 Å². The number of aliphatic hydroxyl groups is 1. The van der Waals surface area contributed by atoms with Crippen molar-refractivity contribution in [1.29, 1.82) is 0 Å². The third-order valence-electron chi connectivity index (χ3n) is 5.55. The molecule has 2 saturated carbocycles. The lowest BCUT2D eigenvalue weighted by molar-refractivity contribution is -0.150. The molecule has 2 aliphatic rings. The number of carbonyl (C=O) groups is 2. The molecule has 0 aliphatic heterocycles. The number of hydrogen-bond acceptors (Lipinski definition) is 3. The average Bonchev–Trinajstić information content (AvgIpc) is 2.72. The van der Waals surface area contributed by atoms with E-state index in [-0.39, 0.29) is 28.8 Å². The molecule has 2 rings (SSSR count). The number of hydrogen-bond donors (Lipinski definition) is 1. The zero-order chi connectivity index (χ0) is 13.6. The highest BCUT2D eigenvalue weighted by molar-refractivity contribution is 5.95. The second-order valence-electron chi connectivity index (χ2n) is 6.14. The summed E-state index contributed by atoms with van der Waals surface area (Å²) in [5.41, 5.74) is -0.946. The van der Waals surface area contributed by atoms with Crippen LogP contribution in [0.2, 0.25) is 0 Å². The second kappa shape index (κ2) is 4.30. The van der Waals surface area contributed by atoms with Crippen molar-refractivity contribution < 1.29 is 14.7 Å². The SMILES string of the molecule is C=C[C@@]12CCC(=O)[C@@H]1[C@](C)(C(=O)CO)[C@H](C)CC2. The van der Waals surface area contributed by atoms with Crippen LogP contribution >= 0.6 is 0 Å². The van der Waals surface area contributed by atoms with Crippen LogP contribution in [-0.2, 0) is 9.59 Å². The molecule has 100 valence electrons. The van der Waals surface area contributed by atoms with E-state index in [2.05, 4.69) is 6.58 Å². The van der Waals surface area contributed by atoms with Crippen LogP contribution in [0.15, 0.2) is 12.7 Å². The van der Waals surface area contributed by atoms with Gasteiger partial charge in [0.15, 0.2) is 5.78 Å². The number of ketones is 2. The van der Waals surface area contributed by atoms with Crippen molar-refractivity contribution >= 4 is 11.6 Å². The Morgan fingerprint density at radius 3 is 2.78 bits per heavy atom. The van der Waals surface area contributed by atoms with E-state index < -0.39 is 12.0 Å². The van der Waals surface area contributed by atoms with E-state index in [0.717, 1.165) is 19.3 Å². The van der Waals surface area contributed by atoms with E-state index >= 15 is 0 Å². The van der Waals surface area contributed by atoms with Crippen molar-refractivity contribution in [3.63, 3.8) is 0 Å². The Kier molecular flexibility index (Phi) is 3.22. The van der Waals surface area contributed by atoms with Gasteiger partial charge >= 0.3 is 0 Å². The zero-order valence-corrected chi connectivity index (χ0v) is 11.2. The largest absolute Gasteiger partial charge is 0.389 e. The van der Waals surface area contributed by atoms with Gasteiger partial charge in [-0.15, -0.1) is 6.58 Å². The monoisotopic (exact) mass is 250 g/mol. The molecule has 1 N–H and O–H groups in total. The lowest BCUT2D eigenvalue weighted by atomic mass is 9.51. The van der Waals surface area contributed by atoms with Gasteiger partial charge in [0.05, 0.1) is 0 Å². The van der Waals surface area contributed by atoms with E-state index in [0.29, 0.717) is 6.42 Å². The first-order chi connectivity index (χ1) is 8.42. The highest BCUT2D eigenvalue weighted by Gasteiger charge is 2.61. The van der Waals surface area contributed by atoms with Crippen molar-refractivity contribution in [3.8, 4) is 0 Å². The minimum atomic E-state index is -0.727. The van der Waals surface area contributed by atoms with Crippen LogP contribution in [0.5, 0.6) is 0 Å². The van der Waals surface area contributed by atoms with Crippen LogP contribution in [-0.4, -0.2) is 23.3 Å². The fourth-order valence-corrected chi connectivity index (χ4v) is 4.16. The standard InChI is InChI=1S/C15H22O3/c1-4-15-7-5-10(2)14(3,12(18)9-16)13(15)11(17)6-8-15/h4,10,13,16H,1,5-9H2,2-3H3/t10-,13-,14+,15-/m1/s1. The van der Waals surface area contributed by atoms with Gasteiger partial charge < -0.3 is 5.11 Å². The fraction of sp³-hybridized carbons (Fsp3) is 0.733. The van der Waals surface area contributed by atoms with Crippen molar-refractivity contribution in [1.82, 2.24) is 0 Å². The lowest BCUT2D eigenvalue weighted by Crippen LogP contribution is -2.53. The molecule has 3 heteroatoms.